The smallest absolute Gasteiger partial charge is 0.241 e. The minimum absolute atomic E-state index is 0.278. The summed E-state index contributed by atoms with van der Waals surface area (Å²) in [4.78, 5) is 31.9. The summed E-state index contributed by atoms with van der Waals surface area (Å²) in [6.07, 6.45) is 29.4. The number of likely N-dealkylation sites (tertiary alicyclic amines) is 1. The van der Waals surface area contributed by atoms with Crippen molar-refractivity contribution >= 4 is 11.8 Å². The van der Waals surface area contributed by atoms with Crippen molar-refractivity contribution in [1.82, 2.24) is 20.0 Å². The molecule has 0 spiro atoms. The molecule has 0 bridgehead atoms. The Morgan fingerprint density at radius 3 is 1.83 bits per heavy atom. The van der Waals surface area contributed by atoms with E-state index in [-0.39, 0.29) is 5.91 Å². The molecule has 3 rings (SSSR count). The number of piperazine rings is 1. The molecular formula is C40H75N5O2. The molecule has 1 unspecified atom stereocenters. The van der Waals surface area contributed by atoms with Gasteiger partial charge in [0.25, 0.3) is 0 Å². The zero-order valence-corrected chi connectivity index (χ0v) is 31.1. The highest BCUT2D eigenvalue weighted by molar-refractivity contribution is 5.78. The van der Waals surface area contributed by atoms with E-state index < -0.39 is 0 Å². The number of nitrogens with zero attached hydrogens (tertiary/aromatic N) is 3. The highest BCUT2D eigenvalue weighted by Crippen LogP contribution is 2.35. The topological polar surface area (TPSA) is 81.9 Å². The number of carbonyl (C=O) groups is 2. The van der Waals surface area contributed by atoms with E-state index in [9.17, 15) is 9.59 Å². The van der Waals surface area contributed by atoms with Gasteiger partial charge in [0.2, 0.25) is 11.8 Å². The Kier molecular flexibility index (Phi) is 20.1. The molecule has 47 heavy (non-hydrogen) atoms. The van der Waals surface area contributed by atoms with Gasteiger partial charge in [0, 0.05) is 51.4 Å². The summed E-state index contributed by atoms with van der Waals surface area (Å²) in [5, 5.41) is 3.51. The minimum atomic E-state index is 0.278. The Hall–Kier alpha value is -1.60. The van der Waals surface area contributed by atoms with Crippen LogP contribution in [0.2, 0.25) is 0 Å². The lowest BCUT2D eigenvalue weighted by atomic mass is 9.74. The van der Waals surface area contributed by atoms with E-state index in [1.54, 1.807) is 5.57 Å². The number of nitrogens with one attached hydrogen (secondary N) is 1. The first kappa shape index (κ1) is 39.8. The number of hydrogen-bond donors (Lipinski definition) is 2. The van der Waals surface area contributed by atoms with Gasteiger partial charge in [-0.25, -0.2) is 0 Å². The zero-order valence-electron chi connectivity index (χ0n) is 31.1. The van der Waals surface area contributed by atoms with E-state index in [1.807, 2.05) is 4.90 Å². The number of allylic oxidation sites excluding steroid dienone is 2. The second-order valence-electron chi connectivity index (χ2n) is 15.3. The van der Waals surface area contributed by atoms with Crippen LogP contribution in [0.15, 0.2) is 11.3 Å². The van der Waals surface area contributed by atoms with Crippen molar-refractivity contribution in [3.8, 4) is 0 Å². The highest BCUT2D eigenvalue weighted by atomic mass is 16.2. The Balaban J connectivity index is 1.12. The van der Waals surface area contributed by atoms with Gasteiger partial charge < -0.3 is 20.9 Å². The third kappa shape index (κ3) is 16.1. The van der Waals surface area contributed by atoms with Crippen LogP contribution < -0.4 is 11.1 Å². The number of carbonyl (C=O) groups excluding carboxylic acids is 2. The number of rotatable bonds is 27. The van der Waals surface area contributed by atoms with Gasteiger partial charge in [0.15, 0.2) is 0 Å². The fourth-order valence-electron chi connectivity index (χ4n) is 8.01. The fourth-order valence-corrected chi connectivity index (χ4v) is 8.01. The van der Waals surface area contributed by atoms with Crippen LogP contribution in [0, 0.1) is 5.41 Å². The summed E-state index contributed by atoms with van der Waals surface area (Å²) >= 11 is 0. The molecule has 1 atom stereocenters. The molecule has 0 aromatic carbocycles. The largest absolute Gasteiger partial charge is 0.380 e. The third-order valence-electron chi connectivity index (χ3n) is 11.3. The minimum Gasteiger partial charge on any atom is -0.380 e. The number of hydrogen-bond acceptors (Lipinski definition) is 5. The van der Waals surface area contributed by atoms with Crippen LogP contribution in [-0.4, -0.2) is 85.4 Å². The predicted molar refractivity (Wildman–Crippen MR) is 198 cm³/mol. The maximum atomic E-state index is 12.9. The van der Waals surface area contributed by atoms with E-state index in [2.05, 4.69) is 29.0 Å². The third-order valence-corrected chi connectivity index (χ3v) is 11.3. The molecule has 1 aliphatic carbocycles. The summed E-state index contributed by atoms with van der Waals surface area (Å²) in [6, 6.07) is 0. The molecule has 0 aromatic rings. The summed E-state index contributed by atoms with van der Waals surface area (Å²) in [6.45, 7) is 12.8. The van der Waals surface area contributed by atoms with Gasteiger partial charge in [-0.3, -0.25) is 14.5 Å². The molecule has 2 amide bonds. The van der Waals surface area contributed by atoms with E-state index >= 15 is 0 Å². The molecule has 3 N–H and O–H groups in total. The van der Waals surface area contributed by atoms with E-state index in [0.717, 1.165) is 84.3 Å². The maximum absolute atomic E-state index is 12.9. The van der Waals surface area contributed by atoms with Crippen molar-refractivity contribution in [2.75, 3.05) is 58.9 Å². The summed E-state index contributed by atoms with van der Waals surface area (Å²) in [5.41, 5.74) is 9.55. The lowest BCUT2D eigenvalue weighted by Crippen LogP contribution is -2.48. The van der Waals surface area contributed by atoms with Gasteiger partial charge in [-0.1, -0.05) is 96.5 Å². The molecule has 1 saturated carbocycles. The van der Waals surface area contributed by atoms with E-state index in [4.69, 9.17) is 5.73 Å². The summed E-state index contributed by atoms with van der Waals surface area (Å²) in [7, 11) is 0. The van der Waals surface area contributed by atoms with Gasteiger partial charge in [-0.15, -0.1) is 0 Å². The molecule has 7 nitrogen and oxygen atoms in total. The van der Waals surface area contributed by atoms with Crippen LogP contribution in [-0.2, 0) is 9.59 Å². The van der Waals surface area contributed by atoms with Crippen LogP contribution in [0.1, 0.15) is 168 Å². The first-order valence-corrected chi connectivity index (χ1v) is 20.4. The van der Waals surface area contributed by atoms with Crippen molar-refractivity contribution in [3.05, 3.63) is 11.3 Å². The van der Waals surface area contributed by atoms with Gasteiger partial charge in [-0.2, -0.15) is 0 Å². The van der Waals surface area contributed by atoms with Crippen LogP contribution in [0.3, 0.4) is 0 Å². The quantitative estimate of drug-likeness (QED) is 0.0871. The Labute approximate surface area is 290 Å². The Bertz CT molecular complexity index is 887. The molecule has 2 aliphatic heterocycles. The van der Waals surface area contributed by atoms with Crippen LogP contribution >= 0.6 is 0 Å². The van der Waals surface area contributed by atoms with Gasteiger partial charge >= 0.3 is 0 Å². The zero-order chi connectivity index (χ0) is 33.6. The second-order valence-corrected chi connectivity index (χ2v) is 15.3. The molecule has 3 fully saturated rings. The average Bonchev–Trinajstić information content (AvgIpc) is 3.78. The molecule has 3 aliphatic rings. The molecule has 0 radical (unpaired) electrons. The Morgan fingerprint density at radius 2 is 1.21 bits per heavy atom. The van der Waals surface area contributed by atoms with Gasteiger partial charge in [0.1, 0.15) is 0 Å². The van der Waals surface area contributed by atoms with Crippen LogP contribution in [0.5, 0.6) is 0 Å². The van der Waals surface area contributed by atoms with Crippen molar-refractivity contribution < 1.29 is 9.59 Å². The average molecular weight is 658 g/mol. The first-order valence-electron chi connectivity index (χ1n) is 20.4. The summed E-state index contributed by atoms with van der Waals surface area (Å²) in [5.74, 6) is 0.649. The number of amides is 2. The normalized spacial score (nSPS) is 18.1. The molecule has 2 heterocycles. The lowest BCUT2D eigenvalue weighted by molar-refractivity contribution is -0.133. The first-order chi connectivity index (χ1) is 23.0. The molecule has 0 aromatic heterocycles. The lowest BCUT2D eigenvalue weighted by Gasteiger charge is -2.35. The van der Waals surface area contributed by atoms with Crippen molar-refractivity contribution in [3.63, 3.8) is 0 Å². The molecule has 272 valence electrons. The van der Waals surface area contributed by atoms with Crippen LogP contribution in [0.4, 0.5) is 0 Å². The molecule has 7 heteroatoms. The predicted octanol–water partition coefficient (Wildman–Crippen LogP) is 8.18. The standard InChI is InChI=1S/C40H75N5O2/c1-3-5-15-25-40(35-41,24-4-2)26-16-12-14-21-38(46)45-32-30-43(31-33-45)27-17-11-9-7-6-8-10-13-20-37(36-22-23-36)42-34-39(47)44-28-18-19-29-44/h42H,3-35,41H2,1-2H3. The van der Waals surface area contributed by atoms with Crippen LogP contribution in [0.25, 0.3) is 0 Å². The van der Waals surface area contributed by atoms with Crippen molar-refractivity contribution in [2.45, 2.75) is 168 Å². The fraction of sp³-hybridized carbons (Fsp3) is 0.900. The van der Waals surface area contributed by atoms with E-state index in [1.165, 1.54) is 128 Å². The number of nitrogens with two attached hydrogens (primary N) is 1. The SMILES string of the molecule is CCCCCC(CN)(CCC)CCCCCC(=O)N1CCN(CCCCCCCCCCC(NCC(=O)N2CCCC2)=C2CC2)CC1. The van der Waals surface area contributed by atoms with Crippen molar-refractivity contribution in [2.24, 2.45) is 11.1 Å². The number of unbranched alkanes of at least 4 members (excludes halogenated alkanes) is 11. The van der Waals surface area contributed by atoms with Crippen molar-refractivity contribution in [1.29, 1.82) is 0 Å². The monoisotopic (exact) mass is 658 g/mol. The molecule has 2 saturated heterocycles. The van der Waals surface area contributed by atoms with E-state index in [0.29, 0.717) is 17.9 Å². The highest BCUT2D eigenvalue weighted by Gasteiger charge is 2.27. The maximum Gasteiger partial charge on any atom is 0.241 e. The Morgan fingerprint density at radius 1 is 0.638 bits per heavy atom. The van der Waals surface area contributed by atoms with Gasteiger partial charge in [0.05, 0.1) is 6.54 Å². The molecular weight excluding hydrogens is 582 g/mol. The van der Waals surface area contributed by atoms with Gasteiger partial charge in [-0.05, 0) is 89.1 Å². The summed E-state index contributed by atoms with van der Waals surface area (Å²) < 4.78 is 0. The second kappa shape index (κ2) is 23.7.